The SMILES string of the molecule is CC(C)S(=O)(=O)N1CCN(c2cnn(-c3cccc(Cl)c3)c(=O)c2OCC2Cc3ccccc32)CC1. The fourth-order valence-electron chi connectivity index (χ4n) is 4.76. The third-order valence-corrected chi connectivity index (χ3v) is 9.40. The average molecular weight is 529 g/mol. The number of fused-ring (bicyclic) bond motifs is 1. The Balaban J connectivity index is 1.44. The topological polar surface area (TPSA) is 84.7 Å². The summed E-state index contributed by atoms with van der Waals surface area (Å²) < 4.78 is 34.2. The van der Waals surface area contributed by atoms with E-state index in [1.165, 1.54) is 20.1 Å². The Morgan fingerprint density at radius 3 is 2.53 bits per heavy atom. The molecule has 0 saturated carbocycles. The number of rotatable bonds is 7. The summed E-state index contributed by atoms with van der Waals surface area (Å²) in [5.74, 6) is 0.434. The summed E-state index contributed by atoms with van der Waals surface area (Å²) in [5.41, 5.74) is 3.30. The number of hydrogen-bond acceptors (Lipinski definition) is 6. The van der Waals surface area contributed by atoms with Crippen molar-refractivity contribution < 1.29 is 13.2 Å². The molecule has 1 aromatic heterocycles. The van der Waals surface area contributed by atoms with Crippen LogP contribution in [0.25, 0.3) is 5.69 Å². The molecule has 1 aliphatic heterocycles. The Hall–Kier alpha value is -2.88. The van der Waals surface area contributed by atoms with Gasteiger partial charge in [-0.1, -0.05) is 41.9 Å². The van der Waals surface area contributed by atoms with Crippen LogP contribution in [-0.2, 0) is 16.4 Å². The monoisotopic (exact) mass is 528 g/mol. The number of nitrogens with zero attached hydrogens (tertiary/aromatic N) is 4. The largest absolute Gasteiger partial charge is 0.486 e. The number of hydrogen-bond donors (Lipinski definition) is 0. The van der Waals surface area contributed by atoms with Gasteiger partial charge in [0.1, 0.15) is 5.69 Å². The molecule has 0 bridgehead atoms. The third kappa shape index (κ3) is 4.63. The van der Waals surface area contributed by atoms with E-state index < -0.39 is 15.3 Å². The van der Waals surface area contributed by atoms with E-state index in [2.05, 4.69) is 17.2 Å². The highest BCUT2D eigenvalue weighted by atomic mass is 35.5. The predicted octanol–water partition coefficient (Wildman–Crippen LogP) is 3.46. The molecule has 1 fully saturated rings. The quantitative estimate of drug-likeness (QED) is 0.467. The van der Waals surface area contributed by atoms with Gasteiger partial charge >= 0.3 is 5.56 Å². The number of anilines is 1. The van der Waals surface area contributed by atoms with E-state index in [1.54, 1.807) is 44.3 Å². The van der Waals surface area contributed by atoms with Crippen molar-refractivity contribution in [1.29, 1.82) is 0 Å². The highest BCUT2D eigenvalue weighted by Gasteiger charge is 2.32. The third-order valence-electron chi connectivity index (χ3n) is 6.89. The van der Waals surface area contributed by atoms with E-state index in [0.717, 1.165) is 6.42 Å². The molecule has 1 atom stereocenters. The van der Waals surface area contributed by atoms with Gasteiger partial charge < -0.3 is 9.64 Å². The minimum Gasteiger partial charge on any atom is -0.486 e. The van der Waals surface area contributed by atoms with Crippen molar-refractivity contribution in [3.8, 4) is 11.4 Å². The number of ether oxygens (including phenoxy) is 1. The Labute approximate surface area is 216 Å². The molecule has 2 aromatic carbocycles. The van der Waals surface area contributed by atoms with Gasteiger partial charge in [-0.2, -0.15) is 14.1 Å². The molecular formula is C26H29ClN4O4S. The van der Waals surface area contributed by atoms with E-state index in [1.807, 2.05) is 17.0 Å². The minimum atomic E-state index is -3.33. The molecule has 36 heavy (non-hydrogen) atoms. The molecular weight excluding hydrogens is 500 g/mol. The van der Waals surface area contributed by atoms with Gasteiger partial charge in [-0.25, -0.2) is 8.42 Å². The summed E-state index contributed by atoms with van der Waals surface area (Å²) in [4.78, 5) is 15.6. The average Bonchev–Trinajstić information content (AvgIpc) is 2.85. The molecule has 1 aliphatic carbocycles. The van der Waals surface area contributed by atoms with E-state index in [0.29, 0.717) is 49.2 Å². The lowest BCUT2D eigenvalue weighted by molar-refractivity contribution is 0.269. The molecule has 190 valence electrons. The van der Waals surface area contributed by atoms with Gasteiger partial charge in [0.25, 0.3) is 0 Å². The number of aromatic nitrogens is 2. The molecule has 5 rings (SSSR count). The Kier molecular flexibility index (Phi) is 6.80. The Bertz CT molecular complexity index is 1430. The van der Waals surface area contributed by atoms with Crippen molar-refractivity contribution in [2.24, 2.45) is 0 Å². The maximum Gasteiger partial charge on any atom is 0.316 e. The first kappa shape index (κ1) is 24.8. The minimum absolute atomic E-state index is 0.217. The van der Waals surface area contributed by atoms with Crippen molar-refractivity contribution in [3.05, 3.63) is 81.2 Å². The maximum atomic E-state index is 13.6. The lowest BCUT2D eigenvalue weighted by atomic mass is 9.78. The van der Waals surface area contributed by atoms with Crippen LogP contribution in [0.15, 0.2) is 59.5 Å². The molecule has 0 radical (unpaired) electrons. The molecule has 2 aliphatic rings. The first-order valence-corrected chi connectivity index (χ1v) is 14.0. The zero-order chi connectivity index (χ0) is 25.4. The highest BCUT2D eigenvalue weighted by Crippen LogP contribution is 2.36. The second-order valence-electron chi connectivity index (χ2n) is 9.45. The van der Waals surface area contributed by atoms with Crippen LogP contribution in [0, 0.1) is 0 Å². The van der Waals surface area contributed by atoms with Crippen molar-refractivity contribution in [1.82, 2.24) is 14.1 Å². The molecule has 3 aromatic rings. The summed E-state index contributed by atoms with van der Waals surface area (Å²) in [6.07, 6.45) is 2.53. The van der Waals surface area contributed by atoms with Crippen molar-refractivity contribution in [2.45, 2.75) is 31.4 Å². The van der Waals surface area contributed by atoms with Gasteiger partial charge in [-0.3, -0.25) is 4.79 Å². The number of sulfonamides is 1. The van der Waals surface area contributed by atoms with Crippen LogP contribution < -0.4 is 15.2 Å². The first-order valence-electron chi connectivity index (χ1n) is 12.1. The first-order chi connectivity index (χ1) is 17.3. The lowest BCUT2D eigenvalue weighted by Crippen LogP contribution is -2.50. The molecule has 10 heteroatoms. The van der Waals surface area contributed by atoms with Crippen LogP contribution in [-0.4, -0.2) is 60.5 Å². The summed E-state index contributed by atoms with van der Waals surface area (Å²) in [6.45, 7) is 5.31. The predicted molar refractivity (Wildman–Crippen MR) is 141 cm³/mol. The fraction of sp³-hybridized carbons (Fsp3) is 0.385. The van der Waals surface area contributed by atoms with Crippen LogP contribution in [0.2, 0.25) is 5.02 Å². The van der Waals surface area contributed by atoms with Crippen molar-refractivity contribution in [3.63, 3.8) is 0 Å². The van der Waals surface area contributed by atoms with E-state index >= 15 is 0 Å². The molecule has 0 spiro atoms. The highest BCUT2D eigenvalue weighted by molar-refractivity contribution is 7.89. The van der Waals surface area contributed by atoms with E-state index in [-0.39, 0.29) is 17.2 Å². The van der Waals surface area contributed by atoms with E-state index in [4.69, 9.17) is 16.3 Å². The standard InChI is InChI=1S/C26H29ClN4O4S/c1-18(2)36(33,34)30-12-10-29(11-13-30)24-16-28-31(22-8-5-7-21(27)15-22)26(32)25(24)35-17-20-14-19-6-3-4-9-23(19)20/h3-9,15-16,18,20H,10-14,17H2,1-2H3. The number of halogens is 1. The second kappa shape index (κ2) is 9.88. The van der Waals surface area contributed by atoms with Gasteiger partial charge in [0.05, 0.1) is 23.7 Å². The second-order valence-corrected chi connectivity index (χ2v) is 12.4. The summed E-state index contributed by atoms with van der Waals surface area (Å²) in [6, 6.07) is 15.2. The zero-order valence-corrected chi connectivity index (χ0v) is 21.9. The fourth-order valence-corrected chi connectivity index (χ4v) is 6.21. The molecule has 8 nitrogen and oxygen atoms in total. The van der Waals surface area contributed by atoms with Gasteiger partial charge in [0.2, 0.25) is 15.8 Å². The Morgan fingerprint density at radius 1 is 1.08 bits per heavy atom. The van der Waals surface area contributed by atoms with Gasteiger partial charge in [0, 0.05) is 37.1 Å². The summed E-state index contributed by atoms with van der Waals surface area (Å²) in [5, 5.41) is 4.44. The zero-order valence-electron chi connectivity index (χ0n) is 20.3. The number of benzene rings is 2. The van der Waals surface area contributed by atoms with Gasteiger partial charge in [-0.05, 0) is 49.6 Å². The van der Waals surface area contributed by atoms with Gasteiger partial charge in [0.15, 0.2) is 0 Å². The molecule has 1 saturated heterocycles. The van der Waals surface area contributed by atoms with Crippen molar-refractivity contribution >= 4 is 27.3 Å². The van der Waals surface area contributed by atoms with Crippen molar-refractivity contribution in [2.75, 3.05) is 37.7 Å². The number of piperazine rings is 1. The molecule has 1 unspecified atom stereocenters. The van der Waals surface area contributed by atoms with Crippen LogP contribution in [0.3, 0.4) is 0 Å². The van der Waals surface area contributed by atoms with Crippen LogP contribution >= 0.6 is 11.6 Å². The van der Waals surface area contributed by atoms with E-state index in [9.17, 15) is 13.2 Å². The summed E-state index contributed by atoms with van der Waals surface area (Å²) in [7, 11) is -3.33. The smallest absolute Gasteiger partial charge is 0.316 e. The molecule has 0 N–H and O–H groups in total. The van der Waals surface area contributed by atoms with Gasteiger partial charge in [-0.15, -0.1) is 0 Å². The normalized spacial score (nSPS) is 18.1. The van der Waals surface area contributed by atoms with Crippen LogP contribution in [0.1, 0.15) is 30.9 Å². The Morgan fingerprint density at radius 2 is 1.83 bits per heavy atom. The molecule has 0 amide bonds. The lowest BCUT2D eigenvalue weighted by Gasteiger charge is -2.36. The maximum absolute atomic E-state index is 13.6. The van der Waals surface area contributed by atoms with Crippen LogP contribution in [0.5, 0.6) is 5.75 Å². The molecule has 2 heterocycles. The summed E-state index contributed by atoms with van der Waals surface area (Å²) >= 11 is 6.15. The van der Waals surface area contributed by atoms with Crippen LogP contribution in [0.4, 0.5) is 5.69 Å².